The number of amides is 6. The Bertz CT molecular complexity index is 2480. The molecule has 74 heavy (non-hydrogen) atoms. The zero-order valence-corrected chi connectivity index (χ0v) is 43.6. The SMILES string of the molecule is CC(NCC(=O)N(CCc1ccc(S(N)(=O)=O)cc1)CC(=O)N(CC(=O)N(CC(=O)N(CCCCN)CC(=O)N(CCCCN)CC(N)=O)C1CCCC1)CC(c1ccccc1)c1ccccc1)c1ccccc1. The minimum absolute atomic E-state index is 0.0466. The van der Waals surface area contributed by atoms with Crippen molar-refractivity contribution in [1.82, 2.24) is 29.8 Å². The van der Waals surface area contributed by atoms with E-state index in [1.807, 2.05) is 97.9 Å². The van der Waals surface area contributed by atoms with Crippen LogP contribution in [0, 0.1) is 0 Å². The minimum Gasteiger partial charge on any atom is -0.368 e. The summed E-state index contributed by atoms with van der Waals surface area (Å²) in [7, 11) is -3.94. The van der Waals surface area contributed by atoms with Crippen LogP contribution in [0.4, 0.5) is 0 Å². The maximum absolute atomic E-state index is 15.2. The van der Waals surface area contributed by atoms with E-state index < -0.39 is 58.6 Å². The minimum atomic E-state index is -3.94. The van der Waals surface area contributed by atoms with Crippen LogP contribution in [0.5, 0.6) is 0 Å². The quantitative estimate of drug-likeness (QED) is 0.0457. The summed E-state index contributed by atoms with van der Waals surface area (Å²) in [5, 5.41) is 8.65. The summed E-state index contributed by atoms with van der Waals surface area (Å²) in [5.41, 5.74) is 20.5. The molecule has 1 aliphatic rings. The fourth-order valence-electron chi connectivity index (χ4n) is 9.19. The van der Waals surface area contributed by atoms with Crippen molar-refractivity contribution in [2.45, 2.75) is 87.6 Å². The second kappa shape index (κ2) is 30.0. The molecule has 1 atom stereocenters. The molecule has 0 spiro atoms. The maximum Gasteiger partial charge on any atom is 0.242 e. The Balaban J connectivity index is 1.48. The molecule has 6 amide bonds. The number of rotatable bonds is 31. The Morgan fingerprint density at radius 2 is 1.03 bits per heavy atom. The van der Waals surface area contributed by atoms with Crippen molar-refractivity contribution in [3.63, 3.8) is 0 Å². The van der Waals surface area contributed by atoms with E-state index >= 15 is 9.59 Å². The van der Waals surface area contributed by atoms with E-state index in [1.165, 1.54) is 31.7 Å². The molecule has 0 heterocycles. The highest BCUT2D eigenvalue weighted by atomic mass is 32.2. The lowest BCUT2D eigenvalue weighted by Crippen LogP contribution is -2.54. The topological polar surface area (TPSA) is 269 Å². The third-order valence-corrected chi connectivity index (χ3v) is 14.4. The Kier molecular flexibility index (Phi) is 23.7. The van der Waals surface area contributed by atoms with Gasteiger partial charge in [0.25, 0.3) is 0 Å². The van der Waals surface area contributed by atoms with Gasteiger partial charge in [0.1, 0.15) is 6.54 Å². The number of primary sulfonamides is 1. The predicted molar refractivity (Wildman–Crippen MR) is 285 cm³/mol. The van der Waals surface area contributed by atoms with Gasteiger partial charge in [-0.15, -0.1) is 0 Å². The zero-order chi connectivity index (χ0) is 53.5. The van der Waals surface area contributed by atoms with Crippen LogP contribution in [0.3, 0.4) is 0 Å². The number of unbranched alkanes of at least 4 members (excludes halogenated alkanes) is 2. The Hall–Kier alpha value is -6.51. The van der Waals surface area contributed by atoms with Gasteiger partial charge in [0.2, 0.25) is 45.5 Å². The lowest BCUT2D eigenvalue weighted by atomic mass is 9.90. The summed E-state index contributed by atoms with van der Waals surface area (Å²) in [6, 6.07) is 34.4. The highest BCUT2D eigenvalue weighted by molar-refractivity contribution is 7.89. The van der Waals surface area contributed by atoms with E-state index in [4.69, 9.17) is 22.3 Å². The number of sulfonamides is 1. The van der Waals surface area contributed by atoms with Gasteiger partial charge in [0.15, 0.2) is 0 Å². The Morgan fingerprint density at radius 1 is 0.568 bits per heavy atom. The summed E-state index contributed by atoms with van der Waals surface area (Å²) in [5.74, 6) is -3.35. The second-order valence-electron chi connectivity index (χ2n) is 19.0. The first-order valence-electron chi connectivity index (χ1n) is 25.7. The number of primary amides is 1. The van der Waals surface area contributed by atoms with Crippen molar-refractivity contribution in [3.05, 3.63) is 138 Å². The van der Waals surface area contributed by atoms with Crippen LogP contribution >= 0.6 is 0 Å². The molecule has 1 aliphatic carbocycles. The number of nitrogens with one attached hydrogen (secondary N) is 1. The number of nitrogens with zero attached hydrogens (tertiary/aromatic N) is 5. The Morgan fingerprint density at radius 3 is 1.53 bits per heavy atom. The summed E-state index contributed by atoms with van der Waals surface area (Å²) in [6.45, 7) is 1.30. The molecule has 18 nitrogen and oxygen atoms in total. The van der Waals surface area contributed by atoms with Gasteiger partial charge in [-0.2, -0.15) is 0 Å². The van der Waals surface area contributed by atoms with Gasteiger partial charge in [-0.05, 0) is 99.3 Å². The molecule has 0 bridgehead atoms. The summed E-state index contributed by atoms with van der Waals surface area (Å²) in [4.78, 5) is 92.2. The van der Waals surface area contributed by atoms with Gasteiger partial charge in [0.05, 0.1) is 37.6 Å². The van der Waals surface area contributed by atoms with E-state index in [9.17, 15) is 27.6 Å². The molecule has 0 aliphatic heterocycles. The lowest BCUT2D eigenvalue weighted by Gasteiger charge is -2.35. The van der Waals surface area contributed by atoms with Gasteiger partial charge < -0.3 is 47.0 Å². The standard InChI is InChI=1S/C55H76N10O8S/c1-42(44-17-5-2-6-18-44)60-35-51(67)63(34-29-43-25-27-48(28-26-43)74(59,72)73)39-53(69)64(36-49(45-19-7-3-8-20-45)46-21-9-4-10-22-46)40-55(71)65(47-23-11-12-24-47)41-54(70)62(33-16-14-31-57)38-52(68)61(37-50(58)66)32-15-13-30-56/h2-10,17-22,25-28,42,47,49,60H,11-16,23-24,29-41,56-57H2,1H3,(H2,58,66)(H2,59,72,73). The zero-order valence-electron chi connectivity index (χ0n) is 42.8. The van der Waals surface area contributed by atoms with Crippen molar-refractivity contribution < 1.29 is 37.2 Å². The summed E-state index contributed by atoms with van der Waals surface area (Å²) in [6.07, 6.45) is 5.44. The molecule has 19 heteroatoms. The van der Waals surface area contributed by atoms with Crippen LogP contribution < -0.4 is 27.7 Å². The first-order valence-corrected chi connectivity index (χ1v) is 27.2. The maximum atomic E-state index is 15.2. The molecular formula is C55H76N10O8S. The fraction of sp³-hybridized carbons (Fsp3) is 0.455. The molecule has 9 N–H and O–H groups in total. The van der Waals surface area contributed by atoms with Crippen molar-refractivity contribution in [2.75, 3.05) is 78.5 Å². The highest BCUT2D eigenvalue weighted by Gasteiger charge is 2.34. The van der Waals surface area contributed by atoms with Crippen molar-refractivity contribution in [3.8, 4) is 0 Å². The van der Waals surface area contributed by atoms with Gasteiger partial charge in [-0.25, -0.2) is 13.6 Å². The van der Waals surface area contributed by atoms with Gasteiger partial charge in [-0.3, -0.25) is 28.8 Å². The first-order chi connectivity index (χ1) is 35.6. The molecule has 4 aromatic carbocycles. The van der Waals surface area contributed by atoms with Crippen molar-refractivity contribution in [2.24, 2.45) is 22.3 Å². The average Bonchev–Trinajstić information content (AvgIpc) is 3.94. The van der Waals surface area contributed by atoms with E-state index in [-0.39, 0.29) is 81.7 Å². The molecular weight excluding hydrogens is 961 g/mol. The van der Waals surface area contributed by atoms with Crippen molar-refractivity contribution in [1.29, 1.82) is 0 Å². The number of carbonyl (C=O) groups is 6. The van der Waals surface area contributed by atoms with E-state index in [2.05, 4.69) is 5.32 Å². The molecule has 0 radical (unpaired) electrons. The van der Waals surface area contributed by atoms with Crippen LogP contribution in [0.2, 0.25) is 0 Å². The molecule has 0 aromatic heterocycles. The van der Waals surface area contributed by atoms with Gasteiger partial charge >= 0.3 is 0 Å². The van der Waals surface area contributed by atoms with Gasteiger partial charge in [0, 0.05) is 44.2 Å². The Labute approximate surface area is 436 Å². The van der Waals surface area contributed by atoms with Crippen molar-refractivity contribution >= 4 is 45.5 Å². The van der Waals surface area contributed by atoms with Crippen LogP contribution in [-0.2, 0) is 45.2 Å². The smallest absolute Gasteiger partial charge is 0.242 e. The number of carbonyl (C=O) groups excluding carboxylic acids is 6. The number of benzene rings is 4. The molecule has 400 valence electrons. The van der Waals surface area contributed by atoms with Gasteiger partial charge in [-0.1, -0.05) is 116 Å². The largest absolute Gasteiger partial charge is 0.368 e. The van der Waals surface area contributed by atoms with E-state index in [0.717, 1.165) is 29.5 Å². The number of hydrogen-bond donors (Lipinski definition) is 5. The van der Waals surface area contributed by atoms with E-state index in [1.54, 1.807) is 17.0 Å². The molecule has 4 aromatic rings. The lowest BCUT2D eigenvalue weighted by molar-refractivity contribution is -0.148. The monoisotopic (exact) mass is 1040 g/mol. The third-order valence-electron chi connectivity index (χ3n) is 13.5. The number of nitrogens with two attached hydrogens (primary N) is 4. The van der Waals surface area contributed by atoms with Crippen LogP contribution in [0.1, 0.15) is 92.5 Å². The molecule has 1 unspecified atom stereocenters. The highest BCUT2D eigenvalue weighted by Crippen LogP contribution is 2.28. The molecule has 1 saturated carbocycles. The average molecular weight is 1040 g/mol. The molecule has 5 rings (SSSR count). The number of hydrogen-bond acceptors (Lipinski definition) is 11. The normalized spacial score (nSPS) is 13.0. The second-order valence-corrected chi connectivity index (χ2v) is 20.5. The molecule has 0 saturated heterocycles. The summed E-state index contributed by atoms with van der Waals surface area (Å²) >= 11 is 0. The van der Waals surface area contributed by atoms with Crippen LogP contribution in [0.15, 0.2) is 120 Å². The van der Waals surface area contributed by atoms with Crippen LogP contribution in [-0.4, -0.2) is 153 Å². The fourth-order valence-corrected chi connectivity index (χ4v) is 9.71. The molecule has 1 fully saturated rings. The van der Waals surface area contributed by atoms with Crippen LogP contribution in [0.25, 0.3) is 0 Å². The third kappa shape index (κ3) is 18.8. The predicted octanol–water partition coefficient (Wildman–Crippen LogP) is 3.11. The van der Waals surface area contributed by atoms with E-state index in [0.29, 0.717) is 57.2 Å². The first kappa shape index (κ1) is 58.4. The summed E-state index contributed by atoms with van der Waals surface area (Å²) < 4.78 is 24.0.